The molecule has 5 nitrogen and oxygen atoms in total. The van der Waals surface area contributed by atoms with Gasteiger partial charge in [-0.1, -0.05) is 0 Å². The third-order valence-electron chi connectivity index (χ3n) is 6.26. The van der Waals surface area contributed by atoms with Crippen LogP contribution in [0.3, 0.4) is 0 Å². The van der Waals surface area contributed by atoms with Crippen molar-refractivity contribution in [3.63, 3.8) is 0 Å². The number of ether oxygens (including phenoxy) is 1. The maximum absolute atomic E-state index is 14.8. The Morgan fingerprint density at radius 2 is 1.76 bits per heavy atom. The van der Waals surface area contributed by atoms with E-state index in [-0.39, 0.29) is 17.6 Å². The largest absolute Gasteiger partial charge is 0.373 e. The van der Waals surface area contributed by atoms with E-state index in [4.69, 9.17) is 14.7 Å². The van der Waals surface area contributed by atoms with Crippen molar-refractivity contribution in [3.05, 3.63) is 82.6 Å². The molecule has 1 aromatic carbocycles. The van der Waals surface area contributed by atoms with Gasteiger partial charge in [-0.2, -0.15) is 0 Å². The fourth-order valence-corrected chi connectivity index (χ4v) is 4.39. The molecule has 5 rings (SSSR count). The van der Waals surface area contributed by atoms with Crippen LogP contribution in [-0.4, -0.2) is 26.5 Å². The lowest BCUT2D eigenvalue weighted by molar-refractivity contribution is 0.00460. The Kier molecular flexibility index (Phi) is 5.58. The summed E-state index contributed by atoms with van der Waals surface area (Å²) in [6.45, 7) is 6.31. The third kappa shape index (κ3) is 4.20. The van der Waals surface area contributed by atoms with Crippen LogP contribution in [-0.2, 0) is 4.74 Å². The first kappa shape index (κ1) is 21.5. The van der Waals surface area contributed by atoms with Crippen LogP contribution in [0.4, 0.5) is 8.78 Å². The molecule has 7 heteroatoms. The summed E-state index contributed by atoms with van der Waals surface area (Å²) in [6.07, 6.45) is 3.26. The maximum atomic E-state index is 14.8. The van der Waals surface area contributed by atoms with Crippen LogP contribution < -0.4 is 0 Å². The molecular weight excluding hydrogens is 422 g/mol. The Balaban J connectivity index is 1.62. The van der Waals surface area contributed by atoms with E-state index in [1.807, 2.05) is 39.0 Å². The van der Waals surface area contributed by atoms with Crippen LogP contribution >= 0.6 is 0 Å². The molecule has 2 atom stereocenters. The summed E-state index contributed by atoms with van der Waals surface area (Å²) >= 11 is 0. The standard InChI is InChI=1S/C26H24F2N4O/c1-14-10-18(6-8-29-14)24-11-17(7-9-33-24)22-13-23-26(31-16(3)15(2)30-23)25(32-22)20-5-4-19(27)12-21(20)28/h4-6,8,10,12-13,17,24H,7,9,11H2,1-3H3. The average Bonchev–Trinajstić information content (AvgIpc) is 2.80. The number of fused-ring (bicyclic) bond motifs is 1. The first-order chi connectivity index (χ1) is 15.9. The zero-order valence-electron chi connectivity index (χ0n) is 18.8. The number of aryl methyl sites for hydroxylation is 3. The van der Waals surface area contributed by atoms with Gasteiger partial charge in [0.2, 0.25) is 0 Å². The quantitative estimate of drug-likeness (QED) is 0.391. The number of hydrogen-bond donors (Lipinski definition) is 0. The first-order valence-corrected chi connectivity index (χ1v) is 11.0. The van der Waals surface area contributed by atoms with Crippen molar-refractivity contribution in [1.29, 1.82) is 0 Å². The van der Waals surface area contributed by atoms with E-state index < -0.39 is 11.6 Å². The Bertz CT molecular complexity index is 1360. The summed E-state index contributed by atoms with van der Waals surface area (Å²) < 4.78 is 34.4. The Labute approximate surface area is 190 Å². The Morgan fingerprint density at radius 1 is 0.939 bits per heavy atom. The summed E-state index contributed by atoms with van der Waals surface area (Å²) in [5, 5.41) is 0. The molecule has 0 spiro atoms. The fraction of sp³-hybridized carbons (Fsp3) is 0.308. The highest BCUT2D eigenvalue weighted by atomic mass is 19.1. The van der Waals surface area contributed by atoms with E-state index in [1.54, 1.807) is 6.20 Å². The van der Waals surface area contributed by atoms with Crippen molar-refractivity contribution in [2.24, 2.45) is 0 Å². The fourth-order valence-electron chi connectivity index (χ4n) is 4.39. The molecule has 1 aliphatic heterocycles. The molecule has 168 valence electrons. The minimum absolute atomic E-state index is 0.0696. The number of nitrogens with zero attached hydrogens (tertiary/aromatic N) is 4. The summed E-state index contributed by atoms with van der Waals surface area (Å²) in [6, 6.07) is 9.50. The molecular formula is C26H24F2N4O. The van der Waals surface area contributed by atoms with E-state index in [2.05, 4.69) is 9.97 Å². The molecule has 33 heavy (non-hydrogen) atoms. The van der Waals surface area contributed by atoms with E-state index in [0.717, 1.165) is 47.2 Å². The SMILES string of the molecule is Cc1cc(C2CC(c3cc4nc(C)c(C)nc4c(-c4ccc(F)cc4F)n3)CCO2)ccn1. The van der Waals surface area contributed by atoms with Crippen LogP contribution in [0.25, 0.3) is 22.3 Å². The molecule has 4 aromatic rings. The van der Waals surface area contributed by atoms with Gasteiger partial charge in [-0.25, -0.2) is 23.7 Å². The number of hydrogen-bond acceptors (Lipinski definition) is 5. The van der Waals surface area contributed by atoms with Crippen LogP contribution in [0.2, 0.25) is 0 Å². The van der Waals surface area contributed by atoms with Gasteiger partial charge < -0.3 is 4.74 Å². The number of rotatable bonds is 3. The number of benzene rings is 1. The summed E-state index contributed by atoms with van der Waals surface area (Å²) in [5.74, 6) is -1.19. The lowest BCUT2D eigenvalue weighted by atomic mass is 9.88. The second-order valence-corrected chi connectivity index (χ2v) is 8.59. The summed E-state index contributed by atoms with van der Waals surface area (Å²) in [4.78, 5) is 18.5. The molecule has 0 amide bonds. The van der Waals surface area contributed by atoms with Gasteiger partial charge in [0, 0.05) is 41.7 Å². The zero-order chi connectivity index (χ0) is 23.1. The van der Waals surface area contributed by atoms with Gasteiger partial charge in [-0.05, 0) is 69.5 Å². The topological polar surface area (TPSA) is 60.8 Å². The minimum atomic E-state index is -0.668. The van der Waals surface area contributed by atoms with Crippen molar-refractivity contribution >= 4 is 11.0 Å². The number of pyridine rings is 2. The molecule has 2 unspecified atom stereocenters. The third-order valence-corrected chi connectivity index (χ3v) is 6.26. The van der Waals surface area contributed by atoms with Gasteiger partial charge in [0.15, 0.2) is 0 Å². The molecule has 0 N–H and O–H groups in total. The van der Waals surface area contributed by atoms with Crippen LogP contribution in [0, 0.1) is 32.4 Å². The predicted molar refractivity (Wildman–Crippen MR) is 122 cm³/mol. The second kappa shape index (κ2) is 8.56. The van der Waals surface area contributed by atoms with Gasteiger partial charge in [0.25, 0.3) is 0 Å². The van der Waals surface area contributed by atoms with Crippen molar-refractivity contribution in [2.45, 2.75) is 45.6 Å². The van der Waals surface area contributed by atoms with Crippen molar-refractivity contribution in [1.82, 2.24) is 19.9 Å². The van der Waals surface area contributed by atoms with Crippen molar-refractivity contribution < 1.29 is 13.5 Å². The lowest BCUT2D eigenvalue weighted by Crippen LogP contribution is -2.20. The molecule has 1 saturated heterocycles. The molecule has 0 radical (unpaired) electrons. The molecule has 4 heterocycles. The highest BCUT2D eigenvalue weighted by Crippen LogP contribution is 2.39. The Morgan fingerprint density at radius 3 is 2.55 bits per heavy atom. The maximum Gasteiger partial charge on any atom is 0.135 e. The van der Waals surface area contributed by atoms with Gasteiger partial charge >= 0.3 is 0 Å². The highest BCUT2D eigenvalue weighted by molar-refractivity contribution is 5.89. The zero-order valence-corrected chi connectivity index (χ0v) is 18.8. The van der Waals surface area contributed by atoms with Crippen molar-refractivity contribution in [2.75, 3.05) is 6.61 Å². The molecule has 0 aliphatic carbocycles. The minimum Gasteiger partial charge on any atom is -0.373 e. The summed E-state index contributed by atoms with van der Waals surface area (Å²) in [7, 11) is 0. The van der Waals surface area contributed by atoms with Gasteiger partial charge in [-0.3, -0.25) is 4.98 Å². The van der Waals surface area contributed by atoms with Gasteiger partial charge in [-0.15, -0.1) is 0 Å². The van der Waals surface area contributed by atoms with Crippen LogP contribution in [0.5, 0.6) is 0 Å². The molecule has 3 aromatic heterocycles. The predicted octanol–water partition coefficient (Wildman–Crippen LogP) is 5.93. The van der Waals surface area contributed by atoms with Gasteiger partial charge in [0.05, 0.1) is 23.0 Å². The first-order valence-electron chi connectivity index (χ1n) is 11.0. The lowest BCUT2D eigenvalue weighted by Gasteiger charge is -2.30. The number of aromatic nitrogens is 4. The normalized spacial score (nSPS) is 18.6. The summed E-state index contributed by atoms with van der Waals surface area (Å²) in [5.41, 5.74) is 6.18. The highest BCUT2D eigenvalue weighted by Gasteiger charge is 2.28. The van der Waals surface area contributed by atoms with E-state index in [0.29, 0.717) is 23.3 Å². The molecule has 0 bridgehead atoms. The monoisotopic (exact) mass is 446 g/mol. The second-order valence-electron chi connectivity index (χ2n) is 8.59. The smallest absolute Gasteiger partial charge is 0.135 e. The van der Waals surface area contributed by atoms with E-state index >= 15 is 0 Å². The average molecular weight is 447 g/mol. The van der Waals surface area contributed by atoms with Crippen LogP contribution in [0.1, 0.15) is 53.2 Å². The Hall–Kier alpha value is -3.32. The molecule has 1 aliphatic rings. The van der Waals surface area contributed by atoms with Gasteiger partial charge in [0.1, 0.15) is 22.8 Å². The number of halogens is 2. The molecule has 0 saturated carbocycles. The van der Waals surface area contributed by atoms with Crippen molar-refractivity contribution in [3.8, 4) is 11.3 Å². The van der Waals surface area contributed by atoms with E-state index in [9.17, 15) is 8.78 Å². The molecule has 1 fully saturated rings. The van der Waals surface area contributed by atoms with E-state index in [1.165, 1.54) is 12.1 Å². The van der Waals surface area contributed by atoms with Crippen LogP contribution in [0.15, 0.2) is 42.6 Å².